The molecular weight excluding hydrogens is 461 g/mol. The molecule has 35 heavy (non-hydrogen) atoms. The lowest BCUT2D eigenvalue weighted by Crippen LogP contribution is -2.71. The van der Waals surface area contributed by atoms with Gasteiger partial charge in [-0.25, -0.2) is 18.9 Å². The van der Waals surface area contributed by atoms with Gasteiger partial charge >= 0.3 is 6.03 Å². The van der Waals surface area contributed by atoms with Crippen LogP contribution in [0.1, 0.15) is 69.3 Å². The normalized spacial score (nSPS) is 23.5. The van der Waals surface area contributed by atoms with Gasteiger partial charge in [0, 0.05) is 47.8 Å². The fraction of sp³-hybridized carbons (Fsp3) is 0.667. The van der Waals surface area contributed by atoms with E-state index in [1.165, 1.54) is 0 Å². The van der Waals surface area contributed by atoms with Gasteiger partial charge in [0.15, 0.2) is 5.82 Å². The van der Waals surface area contributed by atoms with E-state index in [0.29, 0.717) is 28.7 Å². The molecule has 2 spiro atoms. The minimum absolute atomic E-state index is 0.0760. The molecule has 2 amide bonds. The summed E-state index contributed by atoms with van der Waals surface area (Å²) in [7, 11) is 0. The van der Waals surface area contributed by atoms with Gasteiger partial charge in [0.1, 0.15) is 12.1 Å². The van der Waals surface area contributed by atoms with Crippen LogP contribution in [0.15, 0.2) is 29.4 Å². The number of urea groups is 1. The molecule has 2 saturated carbocycles. The van der Waals surface area contributed by atoms with E-state index in [9.17, 15) is 9.18 Å². The van der Waals surface area contributed by atoms with Crippen molar-refractivity contribution < 1.29 is 9.18 Å². The van der Waals surface area contributed by atoms with Gasteiger partial charge in [0.2, 0.25) is 0 Å². The van der Waals surface area contributed by atoms with Gasteiger partial charge in [-0.3, -0.25) is 0 Å². The van der Waals surface area contributed by atoms with Crippen molar-refractivity contribution >= 4 is 17.8 Å². The average molecular weight is 498 g/mol. The van der Waals surface area contributed by atoms with Crippen LogP contribution in [0.5, 0.6) is 0 Å². The van der Waals surface area contributed by atoms with Gasteiger partial charge in [-0.2, -0.15) is 5.10 Å². The van der Waals surface area contributed by atoms with Gasteiger partial charge in [0.05, 0.1) is 6.04 Å². The number of carbonyl (C=O) groups excluding carboxylic acids is 1. The predicted molar refractivity (Wildman–Crippen MR) is 135 cm³/mol. The van der Waals surface area contributed by atoms with Gasteiger partial charge in [-0.15, -0.1) is 11.8 Å². The zero-order valence-corrected chi connectivity index (χ0v) is 21.9. The molecular formula is C27H36FN5OS. The molecule has 2 aliphatic carbocycles. The fourth-order valence-corrected chi connectivity index (χ4v) is 7.38. The van der Waals surface area contributed by atoms with Crippen LogP contribution in [0, 0.1) is 22.6 Å². The Morgan fingerprint density at radius 1 is 1.14 bits per heavy atom. The fourth-order valence-electron chi connectivity index (χ4n) is 6.95. The Kier molecular flexibility index (Phi) is 5.66. The van der Waals surface area contributed by atoms with E-state index in [1.54, 1.807) is 17.8 Å². The maximum atomic E-state index is 14.3. The molecule has 2 saturated heterocycles. The monoisotopic (exact) mass is 497 g/mol. The lowest BCUT2D eigenvalue weighted by molar-refractivity contribution is -0.107. The molecule has 2 aliphatic heterocycles. The highest BCUT2D eigenvalue weighted by Gasteiger charge is 2.58. The summed E-state index contributed by atoms with van der Waals surface area (Å²) >= 11 is 1.57. The molecule has 0 radical (unpaired) electrons. The molecule has 6 nitrogen and oxygen atoms in total. The second kappa shape index (κ2) is 8.49. The molecule has 8 heteroatoms. The molecule has 3 heterocycles. The van der Waals surface area contributed by atoms with Crippen LogP contribution in [0.2, 0.25) is 0 Å². The molecule has 2 aromatic rings. The lowest BCUT2D eigenvalue weighted by atomic mass is 9.56. The summed E-state index contributed by atoms with van der Waals surface area (Å²) in [5, 5.41) is 4.70. The number of carbonyl (C=O) groups is 1. The van der Waals surface area contributed by atoms with Crippen LogP contribution in [0.3, 0.4) is 0 Å². The molecule has 1 atom stereocenters. The van der Waals surface area contributed by atoms with Crippen LogP contribution in [-0.2, 0) is 6.42 Å². The number of likely N-dealkylation sites (tertiary alicyclic amines) is 2. The van der Waals surface area contributed by atoms with Crippen molar-refractivity contribution in [2.24, 2.45) is 16.7 Å². The van der Waals surface area contributed by atoms with Crippen LogP contribution < -0.4 is 0 Å². The summed E-state index contributed by atoms with van der Waals surface area (Å²) in [6.07, 6.45) is 10.2. The van der Waals surface area contributed by atoms with Crippen molar-refractivity contribution in [1.29, 1.82) is 0 Å². The first-order valence-electron chi connectivity index (χ1n) is 13.1. The quantitative estimate of drug-likeness (QED) is 0.504. The molecule has 4 aliphatic rings. The summed E-state index contributed by atoms with van der Waals surface area (Å²) in [6.45, 7) is 7.85. The molecule has 188 valence electrons. The second-order valence-electron chi connectivity index (χ2n) is 11.9. The van der Waals surface area contributed by atoms with Crippen molar-refractivity contribution in [2.75, 3.05) is 32.4 Å². The van der Waals surface area contributed by atoms with Gasteiger partial charge in [0.25, 0.3) is 0 Å². The number of thioether (sulfide) groups is 1. The van der Waals surface area contributed by atoms with E-state index in [1.807, 2.05) is 39.2 Å². The number of halogens is 1. The van der Waals surface area contributed by atoms with E-state index in [4.69, 9.17) is 5.10 Å². The molecule has 1 aromatic heterocycles. The Morgan fingerprint density at radius 3 is 2.40 bits per heavy atom. The summed E-state index contributed by atoms with van der Waals surface area (Å²) in [6, 6.07) is 6.26. The lowest BCUT2D eigenvalue weighted by Gasteiger charge is -2.63. The second-order valence-corrected chi connectivity index (χ2v) is 12.8. The minimum Gasteiger partial charge on any atom is -0.323 e. The first kappa shape index (κ1) is 23.3. The highest BCUT2D eigenvalue weighted by molar-refractivity contribution is 7.98. The summed E-state index contributed by atoms with van der Waals surface area (Å²) < 4.78 is 16.4. The molecule has 0 bridgehead atoms. The van der Waals surface area contributed by atoms with Gasteiger partial charge in [-0.1, -0.05) is 19.9 Å². The standard InChI is InChI=1S/C27H36FN5OS/c1-4-18(2)24-29-17-33(30-24)21-11-27(12-21)15-32(16-27)25(34)31-13-26(14-31)9-19(10-26)7-20-5-6-22(35-3)8-23(20)28/h5-6,8,17-19,21H,4,7,9-16H2,1-3H3. The smallest absolute Gasteiger partial charge is 0.320 e. The Labute approximate surface area is 211 Å². The SMILES string of the molecule is CCC(C)c1ncn(C2CC3(C2)CN(C(=O)N2CC4(CC(Cc5ccc(SC)cc5F)C4)C2)C3)n1. The molecule has 1 unspecified atom stereocenters. The number of benzene rings is 1. The van der Waals surface area contributed by atoms with Crippen molar-refractivity contribution in [1.82, 2.24) is 24.6 Å². The summed E-state index contributed by atoms with van der Waals surface area (Å²) in [5.41, 5.74) is 1.42. The summed E-state index contributed by atoms with van der Waals surface area (Å²) in [4.78, 5) is 22.5. The Morgan fingerprint density at radius 2 is 1.80 bits per heavy atom. The first-order valence-corrected chi connectivity index (χ1v) is 14.3. The maximum Gasteiger partial charge on any atom is 0.320 e. The van der Waals surface area contributed by atoms with Crippen LogP contribution in [0.4, 0.5) is 9.18 Å². The number of nitrogens with zero attached hydrogens (tertiary/aromatic N) is 5. The van der Waals surface area contributed by atoms with Gasteiger partial charge in [-0.05, 0) is 68.4 Å². The Balaban J connectivity index is 0.928. The number of amides is 2. The average Bonchev–Trinajstić information content (AvgIpc) is 3.22. The maximum absolute atomic E-state index is 14.3. The summed E-state index contributed by atoms with van der Waals surface area (Å²) in [5.74, 6) is 1.81. The van der Waals surface area contributed by atoms with Crippen LogP contribution in [-0.4, -0.2) is 63.0 Å². The van der Waals surface area contributed by atoms with Gasteiger partial charge < -0.3 is 9.80 Å². The van der Waals surface area contributed by atoms with E-state index in [-0.39, 0.29) is 11.8 Å². The van der Waals surface area contributed by atoms with E-state index < -0.39 is 0 Å². The van der Waals surface area contributed by atoms with E-state index in [0.717, 1.165) is 81.0 Å². The molecule has 0 N–H and O–H groups in total. The number of rotatable bonds is 6. The predicted octanol–water partition coefficient (Wildman–Crippen LogP) is 5.36. The third-order valence-electron chi connectivity index (χ3n) is 9.15. The van der Waals surface area contributed by atoms with E-state index in [2.05, 4.69) is 18.8 Å². The van der Waals surface area contributed by atoms with Crippen molar-refractivity contribution in [3.8, 4) is 0 Å². The van der Waals surface area contributed by atoms with Crippen LogP contribution in [0.25, 0.3) is 0 Å². The minimum atomic E-state index is -0.0760. The zero-order chi connectivity index (χ0) is 24.4. The molecule has 1 aromatic carbocycles. The number of aromatic nitrogens is 3. The van der Waals surface area contributed by atoms with Crippen molar-refractivity contribution in [3.63, 3.8) is 0 Å². The third-order valence-corrected chi connectivity index (χ3v) is 9.87. The van der Waals surface area contributed by atoms with Crippen LogP contribution >= 0.6 is 11.8 Å². The topological polar surface area (TPSA) is 54.3 Å². The highest BCUT2D eigenvalue weighted by Crippen LogP contribution is 2.56. The first-order chi connectivity index (χ1) is 16.8. The van der Waals surface area contributed by atoms with Crippen molar-refractivity contribution in [3.05, 3.63) is 41.7 Å². The zero-order valence-electron chi connectivity index (χ0n) is 21.0. The number of hydrogen-bond donors (Lipinski definition) is 0. The number of hydrogen-bond acceptors (Lipinski definition) is 4. The highest BCUT2D eigenvalue weighted by atomic mass is 32.2. The molecule has 4 fully saturated rings. The van der Waals surface area contributed by atoms with Crippen molar-refractivity contribution in [2.45, 2.75) is 69.2 Å². The largest absolute Gasteiger partial charge is 0.323 e. The Hall–Kier alpha value is -2.09. The van der Waals surface area contributed by atoms with E-state index >= 15 is 0 Å². The third kappa shape index (κ3) is 4.05. The molecule has 6 rings (SSSR count). The Bertz CT molecular complexity index is 1110.